The Kier molecular flexibility index (Phi) is 5.30. The van der Waals surface area contributed by atoms with Crippen LogP contribution in [0.3, 0.4) is 0 Å². The van der Waals surface area contributed by atoms with Gasteiger partial charge in [0, 0.05) is 18.4 Å². The second-order valence-corrected chi connectivity index (χ2v) is 9.07. The Bertz CT molecular complexity index is 1360. The van der Waals surface area contributed by atoms with Crippen molar-refractivity contribution in [1.82, 2.24) is 4.98 Å². The van der Waals surface area contributed by atoms with Crippen molar-refractivity contribution in [1.29, 1.82) is 0 Å². The Morgan fingerprint density at radius 2 is 1.82 bits per heavy atom. The van der Waals surface area contributed by atoms with Gasteiger partial charge in [0.15, 0.2) is 5.13 Å². The minimum absolute atomic E-state index is 0.215. The lowest BCUT2D eigenvalue weighted by Crippen LogP contribution is -2.31. The molecule has 1 fully saturated rings. The molecule has 33 heavy (non-hydrogen) atoms. The molecule has 166 valence electrons. The molecule has 2 aromatic carbocycles. The molecule has 5 rings (SSSR count). The average Bonchev–Trinajstić information content (AvgIpc) is 3.52. The summed E-state index contributed by atoms with van der Waals surface area (Å²) in [5.74, 6) is -0.0526. The third-order valence-electron chi connectivity index (χ3n) is 5.61. The van der Waals surface area contributed by atoms with Crippen molar-refractivity contribution in [3.63, 3.8) is 0 Å². The van der Waals surface area contributed by atoms with Crippen molar-refractivity contribution in [3.05, 3.63) is 77.2 Å². The largest absolute Gasteiger partial charge is 0.467 e. The van der Waals surface area contributed by atoms with E-state index in [-0.39, 0.29) is 37.1 Å². The van der Waals surface area contributed by atoms with Crippen LogP contribution in [0.4, 0.5) is 10.8 Å². The molecule has 0 spiro atoms. The highest BCUT2D eigenvalue weighted by Crippen LogP contribution is 2.33. The van der Waals surface area contributed by atoms with Gasteiger partial charge in [-0.2, -0.15) is 0 Å². The van der Waals surface area contributed by atoms with Crippen molar-refractivity contribution in [3.8, 4) is 0 Å². The molecular formula is C25H21N3O4S. The highest BCUT2D eigenvalue weighted by Gasteiger charge is 2.30. The average molecular weight is 460 g/mol. The molecule has 1 aliphatic heterocycles. The van der Waals surface area contributed by atoms with Crippen LogP contribution in [-0.2, 0) is 16.1 Å². The molecule has 0 saturated carbocycles. The van der Waals surface area contributed by atoms with Crippen molar-refractivity contribution in [2.45, 2.75) is 33.2 Å². The van der Waals surface area contributed by atoms with Gasteiger partial charge in [-0.25, -0.2) is 4.98 Å². The van der Waals surface area contributed by atoms with E-state index in [1.54, 1.807) is 41.5 Å². The predicted molar refractivity (Wildman–Crippen MR) is 126 cm³/mol. The summed E-state index contributed by atoms with van der Waals surface area (Å²) in [7, 11) is 0. The topological polar surface area (TPSA) is 83.7 Å². The lowest BCUT2D eigenvalue weighted by atomic mass is 10.1. The number of anilines is 2. The number of aryl methyl sites for hydroxylation is 2. The van der Waals surface area contributed by atoms with E-state index in [1.165, 1.54) is 16.2 Å². The fourth-order valence-electron chi connectivity index (χ4n) is 4.03. The SMILES string of the molecule is Cc1cc(C)c2nc(N(Cc3ccco3)C(=O)c3ccc(N4C(=O)CCC4=O)cc3)sc2c1. The quantitative estimate of drug-likeness (QED) is 0.392. The van der Waals surface area contributed by atoms with Crippen LogP contribution >= 0.6 is 11.3 Å². The second kappa shape index (κ2) is 8.29. The maximum Gasteiger partial charge on any atom is 0.260 e. The number of carbonyl (C=O) groups excluding carboxylic acids is 3. The lowest BCUT2D eigenvalue weighted by molar-refractivity contribution is -0.121. The first-order chi connectivity index (χ1) is 15.9. The highest BCUT2D eigenvalue weighted by molar-refractivity contribution is 7.22. The number of carbonyl (C=O) groups is 3. The maximum atomic E-state index is 13.6. The molecular weight excluding hydrogens is 438 g/mol. The molecule has 0 N–H and O–H groups in total. The number of imide groups is 1. The van der Waals surface area contributed by atoms with Crippen LogP contribution in [0.5, 0.6) is 0 Å². The number of thiazole rings is 1. The van der Waals surface area contributed by atoms with Crippen molar-refractivity contribution < 1.29 is 18.8 Å². The van der Waals surface area contributed by atoms with E-state index in [4.69, 9.17) is 9.40 Å². The van der Waals surface area contributed by atoms with Gasteiger partial charge < -0.3 is 4.42 Å². The first-order valence-corrected chi connectivity index (χ1v) is 11.4. The van der Waals surface area contributed by atoms with Gasteiger partial charge in [-0.1, -0.05) is 17.4 Å². The zero-order valence-corrected chi connectivity index (χ0v) is 19.0. The van der Waals surface area contributed by atoms with Gasteiger partial charge in [0.2, 0.25) is 11.8 Å². The van der Waals surface area contributed by atoms with Crippen LogP contribution in [0, 0.1) is 13.8 Å². The van der Waals surface area contributed by atoms with Gasteiger partial charge in [-0.15, -0.1) is 0 Å². The number of rotatable bonds is 5. The van der Waals surface area contributed by atoms with E-state index in [9.17, 15) is 14.4 Å². The summed E-state index contributed by atoms with van der Waals surface area (Å²) < 4.78 is 6.51. The lowest BCUT2D eigenvalue weighted by Gasteiger charge is -2.19. The smallest absolute Gasteiger partial charge is 0.260 e. The van der Waals surface area contributed by atoms with Crippen LogP contribution in [0.25, 0.3) is 10.2 Å². The third kappa shape index (κ3) is 3.93. The predicted octanol–water partition coefficient (Wildman–Crippen LogP) is 5.01. The number of hydrogen-bond acceptors (Lipinski definition) is 6. The van der Waals surface area contributed by atoms with Crippen LogP contribution in [0.1, 0.15) is 40.1 Å². The first-order valence-electron chi connectivity index (χ1n) is 10.6. The molecule has 0 aliphatic carbocycles. The number of fused-ring (bicyclic) bond motifs is 1. The summed E-state index contributed by atoms with van der Waals surface area (Å²) in [5, 5.41) is 0.578. The highest BCUT2D eigenvalue weighted by atomic mass is 32.1. The van der Waals surface area contributed by atoms with Crippen LogP contribution < -0.4 is 9.80 Å². The molecule has 0 radical (unpaired) electrons. The van der Waals surface area contributed by atoms with Gasteiger partial charge >= 0.3 is 0 Å². The number of furan rings is 1. The third-order valence-corrected chi connectivity index (χ3v) is 6.64. The van der Waals surface area contributed by atoms with E-state index in [2.05, 4.69) is 12.1 Å². The molecule has 7 nitrogen and oxygen atoms in total. The van der Waals surface area contributed by atoms with Gasteiger partial charge in [0.05, 0.1) is 28.7 Å². The zero-order valence-electron chi connectivity index (χ0n) is 18.2. The van der Waals surface area contributed by atoms with E-state index >= 15 is 0 Å². The van der Waals surface area contributed by atoms with E-state index in [0.29, 0.717) is 22.1 Å². The summed E-state index contributed by atoms with van der Waals surface area (Å²) in [4.78, 5) is 45.1. The molecule has 3 amide bonds. The summed E-state index contributed by atoms with van der Waals surface area (Å²) in [6, 6.07) is 14.3. The standard InChI is InChI=1S/C25H21N3O4S/c1-15-12-16(2)23-20(13-15)33-25(26-23)27(14-19-4-3-11-32-19)24(31)17-5-7-18(8-6-17)28-21(29)9-10-22(28)30/h3-8,11-13H,9-10,14H2,1-2H3. The minimum atomic E-state index is -0.245. The molecule has 8 heteroatoms. The maximum absolute atomic E-state index is 13.6. The Morgan fingerprint density at radius 3 is 2.48 bits per heavy atom. The molecule has 1 aliphatic rings. The zero-order chi connectivity index (χ0) is 23.1. The minimum Gasteiger partial charge on any atom is -0.467 e. The fourth-order valence-corrected chi connectivity index (χ4v) is 5.17. The summed E-state index contributed by atoms with van der Waals surface area (Å²) in [5.41, 5.74) is 3.97. The van der Waals surface area contributed by atoms with Crippen molar-refractivity contribution in [2.24, 2.45) is 0 Å². The summed E-state index contributed by atoms with van der Waals surface area (Å²) in [6.45, 7) is 4.28. The van der Waals surface area contributed by atoms with Crippen LogP contribution in [-0.4, -0.2) is 22.7 Å². The molecule has 1 saturated heterocycles. The normalized spacial score (nSPS) is 13.8. The number of hydrogen-bond donors (Lipinski definition) is 0. The van der Waals surface area contributed by atoms with Crippen LogP contribution in [0.2, 0.25) is 0 Å². The Hall–Kier alpha value is -3.78. The van der Waals surface area contributed by atoms with Gasteiger partial charge in [0.25, 0.3) is 5.91 Å². The molecule has 3 heterocycles. The monoisotopic (exact) mass is 459 g/mol. The Labute approximate surface area is 194 Å². The molecule has 0 bridgehead atoms. The van der Waals surface area contributed by atoms with E-state index in [1.807, 2.05) is 19.9 Å². The number of aromatic nitrogens is 1. The fraction of sp³-hybridized carbons (Fsp3) is 0.200. The van der Waals surface area contributed by atoms with Gasteiger partial charge in [0.1, 0.15) is 5.76 Å². The van der Waals surface area contributed by atoms with E-state index < -0.39 is 0 Å². The van der Waals surface area contributed by atoms with E-state index in [0.717, 1.165) is 21.3 Å². The molecule has 4 aromatic rings. The second-order valence-electron chi connectivity index (χ2n) is 8.07. The van der Waals surface area contributed by atoms with Crippen LogP contribution in [0.15, 0.2) is 59.2 Å². The number of nitrogens with zero attached hydrogens (tertiary/aromatic N) is 3. The summed E-state index contributed by atoms with van der Waals surface area (Å²) >= 11 is 1.46. The van der Waals surface area contributed by atoms with Gasteiger partial charge in [-0.05, 0) is 67.4 Å². The van der Waals surface area contributed by atoms with Gasteiger partial charge in [-0.3, -0.25) is 24.2 Å². The Balaban J connectivity index is 1.50. The molecule has 0 atom stereocenters. The molecule has 2 aromatic heterocycles. The number of benzene rings is 2. The summed E-state index contributed by atoms with van der Waals surface area (Å²) in [6.07, 6.45) is 2.00. The van der Waals surface area contributed by atoms with Crippen molar-refractivity contribution >= 4 is 50.1 Å². The number of amides is 3. The first kappa shape index (κ1) is 21.1. The molecule has 0 unspecified atom stereocenters. The Morgan fingerprint density at radius 1 is 1.09 bits per heavy atom. The van der Waals surface area contributed by atoms with Crippen molar-refractivity contribution in [2.75, 3.05) is 9.80 Å².